The van der Waals surface area contributed by atoms with Gasteiger partial charge in [-0.05, 0) is 50.0 Å². The standard InChI is InChI=1S/C26H41N5O5/c1-18(2)15-29(16-19-4-10-22(11-5-19)31(34)35)23-12-13-30(25(32)17-36-3)24(14-23)26(33)28-21-8-6-20(27)7-9-21/h4-5,10-11,18,20-21,23-24H,6-9,12-17,27H2,1-3H3,(H,28,33)/t20?,21?,23?,24-/m1/s1. The van der Waals surface area contributed by atoms with Gasteiger partial charge in [0.2, 0.25) is 11.8 Å². The SMILES string of the molecule is COCC(=O)N1CCC(N(Cc2ccc([N+](=O)[O-])cc2)CC(C)C)C[C@@H]1C(=O)NC1CCC(N)CC1. The van der Waals surface area contributed by atoms with Crippen LogP contribution in [0.1, 0.15) is 57.9 Å². The number of likely N-dealkylation sites (tertiary alicyclic amines) is 1. The summed E-state index contributed by atoms with van der Waals surface area (Å²) in [5.74, 6) is 0.118. The van der Waals surface area contributed by atoms with Crippen molar-refractivity contribution < 1.29 is 19.2 Å². The summed E-state index contributed by atoms with van der Waals surface area (Å²) in [6, 6.07) is 6.47. The third kappa shape index (κ3) is 7.72. The Balaban J connectivity index is 1.75. The lowest BCUT2D eigenvalue weighted by Gasteiger charge is -2.44. The van der Waals surface area contributed by atoms with Crippen LogP contribution in [0.5, 0.6) is 0 Å². The van der Waals surface area contributed by atoms with Gasteiger partial charge in [-0.3, -0.25) is 24.6 Å². The van der Waals surface area contributed by atoms with Crippen LogP contribution in [0.25, 0.3) is 0 Å². The second kappa shape index (κ2) is 13.1. The first-order chi connectivity index (χ1) is 17.2. The van der Waals surface area contributed by atoms with Crippen molar-refractivity contribution in [3.63, 3.8) is 0 Å². The van der Waals surface area contributed by atoms with E-state index in [4.69, 9.17) is 10.5 Å². The van der Waals surface area contributed by atoms with Crippen LogP contribution >= 0.6 is 0 Å². The van der Waals surface area contributed by atoms with Crippen LogP contribution in [0.15, 0.2) is 24.3 Å². The van der Waals surface area contributed by atoms with Gasteiger partial charge in [-0.15, -0.1) is 0 Å². The average Bonchev–Trinajstić information content (AvgIpc) is 2.85. The summed E-state index contributed by atoms with van der Waals surface area (Å²) in [6.45, 7) is 6.18. The summed E-state index contributed by atoms with van der Waals surface area (Å²) in [4.78, 5) is 40.9. The summed E-state index contributed by atoms with van der Waals surface area (Å²) >= 11 is 0. The summed E-state index contributed by atoms with van der Waals surface area (Å²) in [7, 11) is 1.49. The summed E-state index contributed by atoms with van der Waals surface area (Å²) in [5, 5.41) is 14.2. The normalized spacial score (nSPS) is 24.7. The highest BCUT2D eigenvalue weighted by Crippen LogP contribution is 2.26. The Bertz CT molecular complexity index is 885. The molecule has 3 rings (SSSR count). The van der Waals surface area contributed by atoms with E-state index in [-0.39, 0.29) is 42.2 Å². The molecule has 1 saturated heterocycles. The van der Waals surface area contributed by atoms with Gasteiger partial charge in [-0.25, -0.2) is 0 Å². The second-order valence-corrected chi connectivity index (χ2v) is 10.6. The van der Waals surface area contributed by atoms with Crippen LogP contribution in [0.4, 0.5) is 5.69 Å². The number of amides is 2. The second-order valence-electron chi connectivity index (χ2n) is 10.6. The van der Waals surface area contributed by atoms with Crippen molar-refractivity contribution in [1.29, 1.82) is 0 Å². The molecule has 10 nitrogen and oxygen atoms in total. The summed E-state index contributed by atoms with van der Waals surface area (Å²) < 4.78 is 5.08. The van der Waals surface area contributed by atoms with E-state index in [1.54, 1.807) is 17.0 Å². The average molecular weight is 504 g/mol. The van der Waals surface area contributed by atoms with Gasteiger partial charge in [0.15, 0.2) is 0 Å². The minimum Gasteiger partial charge on any atom is -0.375 e. The van der Waals surface area contributed by atoms with Crippen molar-refractivity contribution in [2.75, 3.05) is 26.8 Å². The Kier molecular flexibility index (Phi) is 10.2. The molecule has 1 aromatic rings. The largest absolute Gasteiger partial charge is 0.375 e. The molecule has 2 aliphatic rings. The van der Waals surface area contributed by atoms with Crippen molar-refractivity contribution in [3.05, 3.63) is 39.9 Å². The lowest BCUT2D eigenvalue weighted by molar-refractivity contribution is -0.384. The lowest BCUT2D eigenvalue weighted by atomic mass is 9.90. The van der Waals surface area contributed by atoms with E-state index >= 15 is 0 Å². The maximum atomic E-state index is 13.5. The van der Waals surface area contributed by atoms with Crippen LogP contribution in [-0.4, -0.2) is 77.5 Å². The van der Waals surface area contributed by atoms with E-state index in [9.17, 15) is 19.7 Å². The van der Waals surface area contributed by atoms with Crippen LogP contribution in [0, 0.1) is 16.0 Å². The number of rotatable bonds is 10. The molecule has 1 aromatic carbocycles. The Morgan fingerprint density at radius 3 is 2.44 bits per heavy atom. The number of carbonyl (C=O) groups excluding carboxylic acids is 2. The minimum absolute atomic E-state index is 0.0504. The Hall–Kier alpha value is -2.56. The first-order valence-corrected chi connectivity index (χ1v) is 13.0. The smallest absolute Gasteiger partial charge is 0.269 e. The topological polar surface area (TPSA) is 131 Å². The Morgan fingerprint density at radius 1 is 1.19 bits per heavy atom. The number of hydrogen-bond donors (Lipinski definition) is 2. The highest BCUT2D eigenvalue weighted by atomic mass is 16.6. The van der Waals surface area contributed by atoms with Gasteiger partial charge in [-0.1, -0.05) is 26.0 Å². The molecular weight excluding hydrogens is 462 g/mol. The number of nitrogens with two attached hydrogens (primary N) is 1. The van der Waals surface area contributed by atoms with Crippen molar-refractivity contribution in [1.82, 2.24) is 15.1 Å². The predicted octanol–water partition coefficient (Wildman–Crippen LogP) is 2.44. The molecule has 2 atom stereocenters. The van der Waals surface area contributed by atoms with Crippen molar-refractivity contribution in [3.8, 4) is 0 Å². The van der Waals surface area contributed by atoms with E-state index in [1.807, 2.05) is 0 Å². The molecule has 200 valence electrons. The predicted molar refractivity (Wildman–Crippen MR) is 137 cm³/mol. The maximum Gasteiger partial charge on any atom is 0.269 e. The highest BCUT2D eigenvalue weighted by Gasteiger charge is 2.39. The van der Waals surface area contributed by atoms with Gasteiger partial charge in [0.1, 0.15) is 12.6 Å². The number of nitrogens with one attached hydrogen (secondary N) is 1. The number of hydrogen-bond acceptors (Lipinski definition) is 7. The number of benzene rings is 1. The fraction of sp³-hybridized carbons (Fsp3) is 0.692. The van der Waals surface area contributed by atoms with E-state index in [1.165, 1.54) is 19.2 Å². The highest BCUT2D eigenvalue weighted by molar-refractivity contribution is 5.88. The Labute approximate surface area is 213 Å². The molecule has 0 spiro atoms. The number of nitro groups is 1. The third-order valence-electron chi connectivity index (χ3n) is 7.23. The van der Waals surface area contributed by atoms with Gasteiger partial charge >= 0.3 is 0 Å². The van der Waals surface area contributed by atoms with Gasteiger partial charge in [-0.2, -0.15) is 0 Å². The molecule has 10 heteroatoms. The van der Waals surface area contributed by atoms with Crippen molar-refractivity contribution >= 4 is 17.5 Å². The van der Waals surface area contributed by atoms with Crippen molar-refractivity contribution in [2.24, 2.45) is 11.7 Å². The molecule has 1 heterocycles. The number of nitrogens with zero attached hydrogens (tertiary/aromatic N) is 3. The molecule has 2 amide bonds. The molecule has 2 fully saturated rings. The van der Waals surface area contributed by atoms with Crippen LogP contribution in [0.3, 0.4) is 0 Å². The van der Waals surface area contributed by atoms with Gasteiger partial charge in [0, 0.05) is 57.0 Å². The molecule has 36 heavy (non-hydrogen) atoms. The number of ether oxygens (including phenoxy) is 1. The summed E-state index contributed by atoms with van der Waals surface area (Å²) in [5.41, 5.74) is 7.08. The molecular formula is C26H41N5O5. The maximum absolute atomic E-state index is 13.5. The summed E-state index contributed by atoms with van der Waals surface area (Å²) in [6.07, 6.45) is 4.78. The molecule has 0 bridgehead atoms. The monoisotopic (exact) mass is 503 g/mol. The number of carbonyl (C=O) groups is 2. The zero-order valence-electron chi connectivity index (χ0n) is 21.7. The fourth-order valence-corrected chi connectivity index (χ4v) is 5.36. The van der Waals surface area contributed by atoms with Gasteiger partial charge < -0.3 is 20.7 Å². The minimum atomic E-state index is -0.562. The zero-order valence-corrected chi connectivity index (χ0v) is 21.7. The van der Waals surface area contributed by atoms with E-state index in [2.05, 4.69) is 24.1 Å². The van der Waals surface area contributed by atoms with Crippen LogP contribution in [0.2, 0.25) is 0 Å². The molecule has 1 aliphatic heterocycles. The molecule has 1 saturated carbocycles. The third-order valence-corrected chi connectivity index (χ3v) is 7.23. The fourth-order valence-electron chi connectivity index (χ4n) is 5.36. The van der Waals surface area contributed by atoms with E-state index in [0.29, 0.717) is 25.4 Å². The zero-order chi connectivity index (χ0) is 26.2. The van der Waals surface area contributed by atoms with Crippen LogP contribution < -0.4 is 11.1 Å². The van der Waals surface area contributed by atoms with Crippen LogP contribution in [-0.2, 0) is 20.9 Å². The number of nitro benzene ring substituents is 1. The van der Waals surface area contributed by atoms with E-state index in [0.717, 1.165) is 44.2 Å². The molecule has 0 aromatic heterocycles. The number of non-ortho nitro benzene ring substituents is 1. The molecule has 3 N–H and O–H groups in total. The quantitative estimate of drug-likeness (QED) is 0.370. The molecule has 1 unspecified atom stereocenters. The first-order valence-electron chi connectivity index (χ1n) is 13.0. The first kappa shape index (κ1) is 28.0. The molecule has 0 radical (unpaired) electrons. The van der Waals surface area contributed by atoms with Gasteiger partial charge in [0.25, 0.3) is 5.69 Å². The van der Waals surface area contributed by atoms with Crippen molar-refractivity contribution in [2.45, 2.75) is 83.1 Å². The van der Waals surface area contributed by atoms with E-state index < -0.39 is 11.0 Å². The van der Waals surface area contributed by atoms with Gasteiger partial charge in [0.05, 0.1) is 4.92 Å². The number of piperidine rings is 1. The molecule has 1 aliphatic carbocycles. The lowest BCUT2D eigenvalue weighted by Crippen LogP contribution is -2.59. The Morgan fingerprint density at radius 2 is 1.86 bits per heavy atom. The number of methoxy groups -OCH3 is 1.